The van der Waals surface area contributed by atoms with Crippen molar-refractivity contribution < 1.29 is 0 Å². The average Bonchev–Trinajstić information content (AvgIpc) is 2.92. The lowest BCUT2D eigenvalue weighted by atomic mass is 10.1. The molecule has 0 amide bonds. The summed E-state index contributed by atoms with van der Waals surface area (Å²) in [5.41, 5.74) is 4.80. The number of rotatable bonds is 2. The van der Waals surface area contributed by atoms with Gasteiger partial charge in [-0.05, 0) is 29.8 Å². The zero-order valence-corrected chi connectivity index (χ0v) is 12.0. The van der Waals surface area contributed by atoms with E-state index in [0.717, 1.165) is 21.7 Å². The van der Waals surface area contributed by atoms with Gasteiger partial charge in [-0.25, -0.2) is 4.98 Å². The number of hydrogen-bond donors (Lipinski definition) is 0. The van der Waals surface area contributed by atoms with E-state index in [1.807, 2.05) is 29.8 Å². The monoisotopic (exact) mass is 306 g/mol. The maximum atomic E-state index is 6.06. The molecular weight excluding hydrogens is 299 g/mol. The van der Waals surface area contributed by atoms with Crippen molar-refractivity contribution in [2.24, 2.45) is 0 Å². The molecule has 3 aromatic rings. The molecule has 0 aliphatic carbocycles. The minimum atomic E-state index is 0.535. The summed E-state index contributed by atoms with van der Waals surface area (Å²) < 4.78 is 0. The van der Waals surface area contributed by atoms with Crippen molar-refractivity contribution in [1.82, 2.24) is 9.97 Å². The number of halogens is 2. The molecule has 0 atom stereocenters. The third-order valence-electron chi connectivity index (χ3n) is 2.70. The second kappa shape index (κ2) is 5.29. The van der Waals surface area contributed by atoms with Crippen LogP contribution in [0, 0.1) is 0 Å². The molecule has 94 valence electrons. The summed E-state index contributed by atoms with van der Waals surface area (Å²) in [5.74, 6) is 0. The second-order valence-corrected chi connectivity index (χ2v) is 5.56. The van der Waals surface area contributed by atoms with E-state index in [9.17, 15) is 0 Å². The number of aromatic nitrogens is 2. The lowest BCUT2D eigenvalue weighted by Crippen LogP contribution is -1.83. The highest BCUT2D eigenvalue weighted by molar-refractivity contribution is 7.13. The number of hydrogen-bond acceptors (Lipinski definition) is 3. The molecule has 5 heteroatoms. The van der Waals surface area contributed by atoms with E-state index in [4.69, 9.17) is 23.2 Å². The SMILES string of the molecule is Clc1ccc(-c2ncsc2-c2ccncc2)cc1Cl. The smallest absolute Gasteiger partial charge is 0.0890 e. The Morgan fingerprint density at radius 1 is 0.895 bits per heavy atom. The van der Waals surface area contributed by atoms with Crippen molar-refractivity contribution in [3.8, 4) is 21.7 Å². The summed E-state index contributed by atoms with van der Waals surface area (Å²) in [5, 5.41) is 1.08. The number of pyridine rings is 1. The summed E-state index contributed by atoms with van der Waals surface area (Å²) >= 11 is 13.6. The third kappa shape index (κ3) is 2.50. The zero-order valence-electron chi connectivity index (χ0n) is 9.68. The first-order valence-electron chi connectivity index (χ1n) is 5.55. The predicted molar refractivity (Wildman–Crippen MR) is 80.8 cm³/mol. The summed E-state index contributed by atoms with van der Waals surface area (Å²) in [6, 6.07) is 9.48. The van der Waals surface area contributed by atoms with E-state index in [1.54, 1.807) is 29.8 Å². The van der Waals surface area contributed by atoms with Crippen LogP contribution in [0.15, 0.2) is 48.2 Å². The largest absolute Gasteiger partial charge is 0.265 e. The van der Waals surface area contributed by atoms with E-state index >= 15 is 0 Å². The van der Waals surface area contributed by atoms with Crippen LogP contribution in [0.5, 0.6) is 0 Å². The van der Waals surface area contributed by atoms with E-state index < -0.39 is 0 Å². The van der Waals surface area contributed by atoms with Gasteiger partial charge in [-0.15, -0.1) is 11.3 Å². The van der Waals surface area contributed by atoms with Crippen LogP contribution in [0.25, 0.3) is 21.7 Å². The lowest BCUT2D eigenvalue weighted by Gasteiger charge is -2.04. The van der Waals surface area contributed by atoms with Gasteiger partial charge in [0.05, 0.1) is 26.1 Å². The molecule has 0 spiro atoms. The highest BCUT2D eigenvalue weighted by Gasteiger charge is 2.11. The van der Waals surface area contributed by atoms with Crippen molar-refractivity contribution in [2.45, 2.75) is 0 Å². The summed E-state index contributed by atoms with van der Waals surface area (Å²) in [7, 11) is 0. The molecule has 0 aliphatic heterocycles. The van der Waals surface area contributed by atoms with Crippen LogP contribution in [0.4, 0.5) is 0 Å². The van der Waals surface area contributed by atoms with Crippen LogP contribution < -0.4 is 0 Å². The first-order chi connectivity index (χ1) is 9.25. The molecular formula is C14H8Cl2N2S. The predicted octanol–water partition coefficient (Wildman–Crippen LogP) is 5.18. The number of thiazole rings is 1. The topological polar surface area (TPSA) is 25.8 Å². The van der Waals surface area contributed by atoms with Crippen LogP contribution >= 0.6 is 34.5 Å². The molecule has 0 saturated heterocycles. The van der Waals surface area contributed by atoms with Crippen molar-refractivity contribution in [3.05, 3.63) is 58.3 Å². The lowest BCUT2D eigenvalue weighted by molar-refractivity contribution is 1.33. The molecule has 0 aliphatic rings. The Hall–Kier alpha value is -1.42. The quantitative estimate of drug-likeness (QED) is 0.652. The van der Waals surface area contributed by atoms with Gasteiger partial charge in [0.2, 0.25) is 0 Å². The van der Waals surface area contributed by atoms with Gasteiger partial charge in [0.25, 0.3) is 0 Å². The summed E-state index contributed by atoms with van der Waals surface area (Å²) in [4.78, 5) is 9.56. The van der Waals surface area contributed by atoms with Crippen LogP contribution in [-0.4, -0.2) is 9.97 Å². The average molecular weight is 307 g/mol. The Morgan fingerprint density at radius 3 is 2.42 bits per heavy atom. The van der Waals surface area contributed by atoms with Gasteiger partial charge < -0.3 is 0 Å². The maximum Gasteiger partial charge on any atom is 0.0890 e. The molecule has 2 aromatic heterocycles. The van der Waals surface area contributed by atoms with Crippen molar-refractivity contribution >= 4 is 34.5 Å². The normalized spacial score (nSPS) is 10.6. The Morgan fingerprint density at radius 2 is 1.68 bits per heavy atom. The van der Waals surface area contributed by atoms with Gasteiger partial charge in [-0.2, -0.15) is 0 Å². The van der Waals surface area contributed by atoms with Crippen molar-refractivity contribution in [1.29, 1.82) is 0 Å². The first-order valence-corrected chi connectivity index (χ1v) is 7.18. The molecule has 19 heavy (non-hydrogen) atoms. The molecule has 0 bridgehead atoms. The fourth-order valence-corrected chi connectivity index (χ4v) is 2.92. The minimum Gasteiger partial charge on any atom is -0.265 e. The highest BCUT2D eigenvalue weighted by atomic mass is 35.5. The highest BCUT2D eigenvalue weighted by Crippen LogP contribution is 2.36. The van der Waals surface area contributed by atoms with Crippen LogP contribution in [0.3, 0.4) is 0 Å². The van der Waals surface area contributed by atoms with E-state index in [1.165, 1.54) is 0 Å². The Kier molecular flexibility index (Phi) is 3.51. The second-order valence-electron chi connectivity index (χ2n) is 3.89. The van der Waals surface area contributed by atoms with E-state index in [2.05, 4.69) is 9.97 Å². The molecule has 0 unspecified atom stereocenters. The standard InChI is InChI=1S/C14H8Cl2N2S/c15-11-2-1-10(7-12(11)16)13-14(19-8-18-13)9-3-5-17-6-4-9/h1-8H. The van der Waals surface area contributed by atoms with Crippen LogP contribution in [-0.2, 0) is 0 Å². The molecule has 0 radical (unpaired) electrons. The number of benzene rings is 1. The fourth-order valence-electron chi connectivity index (χ4n) is 1.80. The first kappa shape index (κ1) is 12.6. The van der Waals surface area contributed by atoms with Gasteiger partial charge in [0.15, 0.2) is 0 Å². The Balaban J connectivity index is 2.12. The van der Waals surface area contributed by atoms with Gasteiger partial charge >= 0.3 is 0 Å². The van der Waals surface area contributed by atoms with Crippen molar-refractivity contribution in [3.63, 3.8) is 0 Å². The summed E-state index contributed by atoms with van der Waals surface area (Å²) in [6.07, 6.45) is 3.54. The van der Waals surface area contributed by atoms with Gasteiger partial charge in [0.1, 0.15) is 0 Å². The van der Waals surface area contributed by atoms with E-state index in [-0.39, 0.29) is 0 Å². The molecule has 0 fully saturated rings. The summed E-state index contributed by atoms with van der Waals surface area (Å²) in [6.45, 7) is 0. The zero-order chi connectivity index (χ0) is 13.2. The molecule has 0 N–H and O–H groups in total. The minimum absolute atomic E-state index is 0.535. The van der Waals surface area contributed by atoms with Crippen LogP contribution in [0.2, 0.25) is 10.0 Å². The fraction of sp³-hybridized carbons (Fsp3) is 0. The van der Waals surface area contributed by atoms with Gasteiger partial charge in [-0.3, -0.25) is 4.98 Å². The van der Waals surface area contributed by atoms with E-state index in [0.29, 0.717) is 10.0 Å². The molecule has 3 rings (SSSR count). The maximum absolute atomic E-state index is 6.06. The molecule has 0 saturated carbocycles. The van der Waals surface area contributed by atoms with Crippen molar-refractivity contribution in [2.75, 3.05) is 0 Å². The van der Waals surface area contributed by atoms with Gasteiger partial charge in [0, 0.05) is 18.0 Å². The van der Waals surface area contributed by atoms with Crippen LogP contribution in [0.1, 0.15) is 0 Å². The molecule has 1 aromatic carbocycles. The molecule has 2 nitrogen and oxygen atoms in total. The molecule has 2 heterocycles. The Bertz CT molecular complexity index is 710. The van der Waals surface area contributed by atoms with Gasteiger partial charge in [-0.1, -0.05) is 29.3 Å². The number of nitrogens with zero attached hydrogens (tertiary/aromatic N) is 2. The third-order valence-corrected chi connectivity index (χ3v) is 4.32. The Labute approximate surface area is 124 Å².